The average molecular weight is 257 g/mol. The van der Waals surface area contributed by atoms with Crippen LogP contribution in [0.3, 0.4) is 0 Å². The van der Waals surface area contributed by atoms with Gasteiger partial charge in [-0.15, -0.1) is 0 Å². The Morgan fingerprint density at radius 1 is 1.05 bits per heavy atom. The Labute approximate surface area is 113 Å². The van der Waals surface area contributed by atoms with Crippen LogP contribution >= 0.6 is 0 Å². The summed E-state index contributed by atoms with van der Waals surface area (Å²) in [7, 11) is 0. The van der Waals surface area contributed by atoms with Crippen molar-refractivity contribution in [2.24, 2.45) is 0 Å². The third-order valence-electron chi connectivity index (χ3n) is 2.46. The molecule has 1 heterocycles. The first kappa shape index (κ1) is 13.5. The topological polar surface area (TPSA) is 47.0 Å². The SMILES string of the molecule is CC(C)(C)NCc1cnc(Oc2ccccc2)nc1. The summed E-state index contributed by atoms with van der Waals surface area (Å²) in [5, 5.41) is 3.39. The molecule has 1 N–H and O–H groups in total. The Kier molecular flexibility index (Phi) is 4.12. The molecule has 0 atom stereocenters. The molecular formula is C15H19N3O. The lowest BCUT2D eigenvalue weighted by atomic mass is 10.1. The van der Waals surface area contributed by atoms with E-state index in [0.29, 0.717) is 6.01 Å². The summed E-state index contributed by atoms with van der Waals surface area (Å²) in [6.45, 7) is 7.12. The van der Waals surface area contributed by atoms with Crippen molar-refractivity contribution in [3.8, 4) is 11.8 Å². The smallest absolute Gasteiger partial charge is 0.321 e. The van der Waals surface area contributed by atoms with Gasteiger partial charge in [0, 0.05) is 30.0 Å². The molecule has 0 amide bonds. The molecule has 2 aromatic rings. The highest BCUT2D eigenvalue weighted by atomic mass is 16.5. The summed E-state index contributed by atoms with van der Waals surface area (Å²) >= 11 is 0. The third kappa shape index (κ3) is 4.67. The Bertz CT molecular complexity index is 503. The zero-order chi connectivity index (χ0) is 13.7. The molecule has 0 spiro atoms. The number of aromatic nitrogens is 2. The number of hydrogen-bond acceptors (Lipinski definition) is 4. The summed E-state index contributed by atoms with van der Waals surface area (Å²) in [6.07, 6.45) is 3.56. The highest BCUT2D eigenvalue weighted by molar-refractivity contribution is 5.24. The molecule has 0 radical (unpaired) electrons. The van der Waals surface area contributed by atoms with Gasteiger partial charge in [0.1, 0.15) is 5.75 Å². The maximum absolute atomic E-state index is 5.54. The average Bonchev–Trinajstić information content (AvgIpc) is 2.38. The van der Waals surface area contributed by atoms with E-state index < -0.39 is 0 Å². The fourth-order valence-corrected chi connectivity index (χ4v) is 1.45. The summed E-state index contributed by atoms with van der Waals surface area (Å²) in [4.78, 5) is 8.40. The van der Waals surface area contributed by atoms with Gasteiger partial charge in [-0.05, 0) is 32.9 Å². The molecule has 0 bridgehead atoms. The van der Waals surface area contributed by atoms with Crippen LogP contribution in [0.25, 0.3) is 0 Å². The first-order chi connectivity index (χ1) is 9.03. The van der Waals surface area contributed by atoms with E-state index in [0.717, 1.165) is 17.9 Å². The number of ether oxygens (including phenoxy) is 1. The highest BCUT2D eigenvalue weighted by Gasteiger charge is 2.08. The molecule has 0 unspecified atom stereocenters. The van der Waals surface area contributed by atoms with Gasteiger partial charge in [0.05, 0.1) is 0 Å². The lowest BCUT2D eigenvalue weighted by Crippen LogP contribution is -2.35. The van der Waals surface area contributed by atoms with E-state index in [-0.39, 0.29) is 5.54 Å². The summed E-state index contributed by atoms with van der Waals surface area (Å²) in [5.41, 5.74) is 1.12. The van der Waals surface area contributed by atoms with Crippen LogP contribution < -0.4 is 10.1 Å². The molecule has 1 aromatic heterocycles. The minimum atomic E-state index is 0.0825. The minimum Gasteiger partial charge on any atom is -0.424 e. The Morgan fingerprint density at radius 2 is 1.68 bits per heavy atom. The lowest BCUT2D eigenvalue weighted by Gasteiger charge is -2.20. The Hall–Kier alpha value is -1.94. The van der Waals surface area contributed by atoms with Crippen molar-refractivity contribution in [2.45, 2.75) is 32.9 Å². The highest BCUT2D eigenvalue weighted by Crippen LogP contribution is 2.16. The summed E-state index contributed by atoms with van der Waals surface area (Å²) in [5.74, 6) is 0.739. The normalized spacial score (nSPS) is 11.3. The van der Waals surface area contributed by atoms with Crippen LogP contribution in [0, 0.1) is 0 Å². The van der Waals surface area contributed by atoms with E-state index in [1.54, 1.807) is 12.4 Å². The summed E-state index contributed by atoms with van der Waals surface area (Å²) in [6, 6.07) is 9.88. The number of nitrogens with one attached hydrogen (secondary N) is 1. The van der Waals surface area contributed by atoms with Crippen molar-refractivity contribution >= 4 is 0 Å². The molecule has 0 saturated heterocycles. The molecule has 4 nitrogen and oxygen atoms in total. The van der Waals surface area contributed by atoms with Crippen LogP contribution in [0.1, 0.15) is 26.3 Å². The first-order valence-corrected chi connectivity index (χ1v) is 6.32. The minimum absolute atomic E-state index is 0.0825. The largest absolute Gasteiger partial charge is 0.424 e. The number of nitrogens with zero attached hydrogens (tertiary/aromatic N) is 2. The molecule has 4 heteroatoms. The molecular weight excluding hydrogens is 238 g/mol. The fraction of sp³-hybridized carbons (Fsp3) is 0.333. The van der Waals surface area contributed by atoms with Crippen molar-refractivity contribution in [3.63, 3.8) is 0 Å². The van der Waals surface area contributed by atoms with Crippen LogP contribution in [0.2, 0.25) is 0 Å². The van der Waals surface area contributed by atoms with Gasteiger partial charge in [0.15, 0.2) is 0 Å². The monoisotopic (exact) mass is 257 g/mol. The molecule has 100 valence electrons. The number of hydrogen-bond donors (Lipinski definition) is 1. The number of rotatable bonds is 4. The van der Waals surface area contributed by atoms with Crippen molar-refractivity contribution in [2.75, 3.05) is 0 Å². The van der Waals surface area contributed by atoms with E-state index in [9.17, 15) is 0 Å². The van der Waals surface area contributed by atoms with Gasteiger partial charge < -0.3 is 10.1 Å². The number of benzene rings is 1. The number of para-hydroxylation sites is 1. The second-order valence-corrected chi connectivity index (χ2v) is 5.39. The third-order valence-corrected chi connectivity index (χ3v) is 2.46. The fourth-order valence-electron chi connectivity index (χ4n) is 1.45. The van der Waals surface area contributed by atoms with Gasteiger partial charge in [0.25, 0.3) is 0 Å². The predicted molar refractivity (Wildman–Crippen MR) is 75.1 cm³/mol. The van der Waals surface area contributed by atoms with Crippen LogP contribution in [-0.4, -0.2) is 15.5 Å². The zero-order valence-corrected chi connectivity index (χ0v) is 11.6. The van der Waals surface area contributed by atoms with Crippen molar-refractivity contribution in [1.29, 1.82) is 0 Å². The zero-order valence-electron chi connectivity index (χ0n) is 11.6. The molecule has 2 rings (SSSR count). The van der Waals surface area contributed by atoms with Crippen LogP contribution in [0.4, 0.5) is 0 Å². The van der Waals surface area contributed by atoms with Gasteiger partial charge in [-0.3, -0.25) is 0 Å². The molecule has 0 saturated carbocycles. The van der Waals surface area contributed by atoms with Crippen molar-refractivity contribution in [1.82, 2.24) is 15.3 Å². The van der Waals surface area contributed by atoms with Gasteiger partial charge in [-0.2, -0.15) is 0 Å². The maximum Gasteiger partial charge on any atom is 0.321 e. The lowest BCUT2D eigenvalue weighted by molar-refractivity contribution is 0.420. The molecule has 0 fully saturated rings. The molecule has 19 heavy (non-hydrogen) atoms. The van der Waals surface area contributed by atoms with E-state index in [2.05, 4.69) is 36.1 Å². The Balaban J connectivity index is 1.95. The van der Waals surface area contributed by atoms with E-state index >= 15 is 0 Å². The van der Waals surface area contributed by atoms with Crippen molar-refractivity contribution in [3.05, 3.63) is 48.3 Å². The van der Waals surface area contributed by atoms with Crippen molar-refractivity contribution < 1.29 is 4.74 Å². The van der Waals surface area contributed by atoms with Crippen LogP contribution in [0.5, 0.6) is 11.8 Å². The van der Waals surface area contributed by atoms with E-state index in [1.165, 1.54) is 0 Å². The first-order valence-electron chi connectivity index (χ1n) is 6.32. The van der Waals surface area contributed by atoms with Crippen LogP contribution in [0.15, 0.2) is 42.7 Å². The van der Waals surface area contributed by atoms with Crippen LogP contribution in [-0.2, 0) is 6.54 Å². The second kappa shape index (κ2) is 5.80. The molecule has 0 aliphatic heterocycles. The van der Waals surface area contributed by atoms with Gasteiger partial charge >= 0.3 is 6.01 Å². The van der Waals surface area contributed by atoms with Gasteiger partial charge in [-0.1, -0.05) is 18.2 Å². The second-order valence-electron chi connectivity index (χ2n) is 5.39. The van der Waals surface area contributed by atoms with E-state index in [4.69, 9.17) is 4.74 Å². The maximum atomic E-state index is 5.54. The Morgan fingerprint density at radius 3 is 2.26 bits per heavy atom. The molecule has 1 aromatic carbocycles. The standard InChI is InChI=1S/C15H19N3O/c1-15(2,3)18-11-12-9-16-14(17-10-12)19-13-7-5-4-6-8-13/h4-10,18H,11H2,1-3H3. The van der Waals surface area contributed by atoms with Gasteiger partial charge in [0.2, 0.25) is 0 Å². The predicted octanol–water partition coefficient (Wildman–Crippen LogP) is 3.16. The molecule has 0 aliphatic carbocycles. The van der Waals surface area contributed by atoms with Gasteiger partial charge in [-0.25, -0.2) is 9.97 Å². The molecule has 0 aliphatic rings. The quantitative estimate of drug-likeness (QED) is 0.914. The summed E-state index contributed by atoms with van der Waals surface area (Å²) < 4.78 is 5.54. The van der Waals surface area contributed by atoms with E-state index in [1.807, 2.05) is 30.3 Å².